The third-order valence-electron chi connectivity index (χ3n) is 4.09. The zero-order valence-corrected chi connectivity index (χ0v) is 13.8. The topological polar surface area (TPSA) is 23.6 Å². The van der Waals surface area contributed by atoms with Crippen molar-refractivity contribution in [2.75, 3.05) is 31.1 Å². The molecule has 0 atom stereocenters. The lowest BCUT2D eigenvalue weighted by Gasteiger charge is -2.36. The minimum Gasteiger partial charge on any atom is -0.368 e. The number of carbonyl (C=O) groups excluding carboxylic acids is 1. The van der Waals surface area contributed by atoms with Crippen LogP contribution in [0.2, 0.25) is 0 Å². The lowest BCUT2D eigenvalue weighted by Crippen LogP contribution is -2.48. The number of nitrogens with zero attached hydrogens (tertiary/aromatic N) is 2. The minimum atomic E-state index is 0.186. The van der Waals surface area contributed by atoms with Gasteiger partial charge in [0.1, 0.15) is 0 Å². The average Bonchev–Trinajstić information content (AvgIpc) is 3.04. The lowest BCUT2D eigenvalue weighted by atomic mass is 10.2. The number of amides is 1. The number of aryl methyl sites for hydroxylation is 1. The molecule has 22 heavy (non-hydrogen) atoms. The van der Waals surface area contributed by atoms with E-state index in [4.69, 9.17) is 0 Å². The second-order valence-corrected chi connectivity index (χ2v) is 6.66. The van der Waals surface area contributed by atoms with Crippen molar-refractivity contribution in [2.24, 2.45) is 0 Å². The van der Waals surface area contributed by atoms with Crippen LogP contribution in [-0.4, -0.2) is 37.0 Å². The van der Waals surface area contributed by atoms with Crippen molar-refractivity contribution in [3.05, 3.63) is 52.2 Å². The molecule has 0 radical (unpaired) electrons. The quantitative estimate of drug-likeness (QED) is 0.860. The van der Waals surface area contributed by atoms with Gasteiger partial charge in [0.2, 0.25) is 0 Å². The van der Waals surface area contributed by atoms with Gasteiger partial charge in [-0.05, 0) is 24.6 Å². The highest BCUT2D eigenvalue weighted by atomic mass is 32.1. The van der Waals surface area contributed by atoms with E-state index in [1.54, 1.807) is 11.3 Å². The molecule has 1 aromatic carbocycles. The van der Waals surface area contributed by atoms with Crippen LogP contribution in [0.25, 0.3) is 0 Å². The second-order valence-electron chi connectivity index (χ2n) is 5.67. The van der Waals surface area contributed by atoms with E-state index in [1.807, 2.05) is 16.3 Å². The number of thiophene rings is 1. The Morgan fingerprint density at radius 1 is 1.14 bits per heavy atom. The van der Waals surface area contributed by atoms with E-state index in [0.29, 0.717) is 0 Å². The number of carbonyl (C=O) groups is 1. The van der Waals surface area contributed by atoms with Crippen LogP contribution in [0.3, 0.4) is 0 Å². The second kappa shape index (κ2) is 6.97. The molecule has 0 N–H and O–H groups in total. The number of hydrogen-bond donors (Lipinski definition) is 0. The molecule has 2 aromatic rings. The molecule has 1 aliphatic heterocycles. The minimum absolute atomic E-state index is 0.186. The average molecular weight is 314 g/mol. The van der Waals surface area contributed by atoms with E-state index < -0.39 is 0 Å². The molecular weight excluding hydrogens is 292 g/mol. The van der Waals surface area contributed by atoms with Gasteiger partial charge in [-0.3, -0.25) is 4.79 Å². The van der Waals surface area contributed by atoms with Gasteiger partial charge in [-0.1, -0.05) is 31.5 Å². The molecule has 3 nitrogen and oxygen atoms in total. The van der Waals surface area contributed by atoms with Crippen LogP contribution < -0.4 is 4.90 Å². The van der Waals surface area contributed by atoms with Gasteiger partial charge in [-0.15, -0.1) is 11.3 Å². The van der Waals surface area contributed by atoms with Crippen molar-refractivity contribution >= 4 is 22.9 Å². The summed E-state index contributed by atoms with van der Waals surface area (Å²) in [7, 11) is 0. The molecule has 2 heterocycles. The van der Waals surface area contributed by atoms with Crippen molar-refractivity contribution in [1.82, 2.24) is 4.90 Å². The smallest absolute Gasteiger partial charge is 0.254 e. The summed E-state index contributed by atoms with van der Waals surface area (Å²) in [4.78, 5) is 18.2. The third-order valence-corrected chi connectivity index (χ3v) is 5.08. The van der Waals surface area contributed by atoms with Crippen LogP contribution in [0.1, 0.15) is 28.6 Å². The molecule has 0 unspecified atom stereocenters. The van der Waals surface area contributed by atoms with Crippen molar-refractivity contribution in [1.29, 1.82) is 0 Å². The maximum absolute atomic E-state index is 12.6. The number of piperazine rings is 1. The molecule has 0 aliphatic carbocycles. The van der Waals surface area contributed by atoms with Crippen LogP contribution in [-0.2, 0) is 6.42 Å². The fraction of sp³-hybridized carbons (Fsp3) is 0.389. The van der Waals surface area contributed by atoms with Crippen LogP contribution in [0.5, 0.6) is 0 Å². The first kappa shape index (κ1) is 15.1. The van der Waals surface area contributed by atoms with E-state index in [0.717, 1.165) is 44.6 Å². The zero-order chi connectivity index (χ0) is 15.4. The molecule has 1 saturated heterocycles. The van der Waals surface area contributed by atoms with E-state index in [-0.39, 0.29) is 5.91 Å². The predicted molar refractivity (Wildman–Crippen MR) is 92.9 cm³/mol. The van der Waals surface area contributed by atoms with E-state index in [9.17, 15) is 4.79 Å². The van der Waals surface area contributed by atoms with Gasteiger partial charge in [0.15, 0.2) is 0 Å². The summed E-state index contributed by atoms with van der Waals surface area (Å²) in [6.45, 7) is 5.58. The van der Waals surface area contributed by atoms with Gasteiger partial charge < -0.3 is 9.80 Å². The van der Waals surface area contributed by atoms with Crippen LogP contribution >= 0.6 is 11.3 Å². The summed E-state index contributed by atoms with van der Waals surface area (Å²) < 4.78 is 0. The molecule has 0 saturated carbocycles. The monoisotopic (exact) mass is 314 g/mol. The Kier molecular flexibility index (Phi) is 4.78. The molecule has 0 bridgehead atoms. The fourth-order valence-corrected chi connectivity index (χ4v) is 3.82. The Balaban J connectivity index is 1.59. The summed E-state index contributed by atoms with van der Waals surface area (Å²) in [6, 6.07) is 12.5. The summed E-state index contributed by atoms with van der Waals surface area (Å²) in [6.07, 6.45) is 2.20. The highest BCUT2D eigenvalue weighted by molar-refractivity contribution is 7.10. The first-order valence-corrected chi connectivity index (χ1v) is 8.82. The number of anilines is 1. The molecule has 1 aliphatic rings. The van der Waals surface area contributed by atoms with Crippen LogP contribution in [0.15, 0.2) is 41.8 Å². The number of hydrogen-bond acceptors (Lipinski definition) is 3. The molecule has 4 heteroatoms. The van der Waals surface area contributed by atoms with Gasteiger partial charge in [0.05, 0.1) is 5.56 Å². The van der Waals surface area contributed by atoms with E-state index in [1.165, 1.54) is 10.6 Å². The summed E-state index contributed by atoms with van der Waals surface area (Å²) in [5.74, 6) is 0.186. The Hall–Kier alpha value is -1.81. The molecule has 0 spiro atoms. The lowest BCUT2D eigenvalue weighted by molar-refractivity contribution is 0.0747. The summed E-state index contributed by atoms with van der Waals surface area (Å²) in [5, 5.41) is 2.01. The first-order chi connectivity index (χ1) is 10.8. The van der Waals surface area contributed by atoms with Gasteiger partial charge in [0, 0.05) is 42.1 Å². The number of para-hydroxylation sites is 1. The Morgan fingerprint density at radius 2 is 1.86 bits per heavy atom. The van der Waals surface area contributed by atoms with Crippen molar-refractivity contribution in [3.8, 4) is 0 Å². The first-order valence-electron chi connectivity index (χ1n) is 7.94. The Labute approximate surface area is 136 Å². The molecule has 3 rings (SSSR count). The SMILES string of the molecule is CCCc1cc(C(=O)N2CCN(c3ccccc3)CC2)cs1. The highest BCUT2D eigenvalue weighted by Gasteiger charge is 2.22. The fourth-order valence-electron chi connectivity index (χ4n) is 2.86. The van der Waals surface area contributed by atoms with E-state index >= 15 is 0 Å². The number of benzene rings is 1. The Morgan fingerprint density at radius 3 is 2.55 bits per heavy atom. The maximum Gasteiger partial charge on any atom is 0.254 e. The maximum atomic E-state index is 12.6. The van der Waals surface area contributed by atoms with Gasteiger partial charge in [0.25, 0.3) is 5.91 Å². The van der Waals surface area contributed by atoms with Crippen molar-refractivity contribution in [3.63, 3.8) is 0 Å². The molecular formula is C18H22N2OS. The number of rotatable bonds is 4. The van der Waals surface area contributed by atoms with Crippen molar-refractivity contribution < 1.29 is 4.79 Å². The van der Waals surface area contributed by atoms with Crippen LogP contribution in [0, 0.1) is 0 Å². The Bertz CT molecular complexity index is 615. The predicted octanol–water partition coefficient (Wildman–Crippen LogP) is 3.66. The third kappa shape index (κ3) is 3.33. The molecule has 1 aromatic heterocycles. The molecule has 116 valence electrons. The molecule has 1 amide bonds. The normalized spacial score (nSPS) is 15.1. The molecule has 1 fully saturated rings. The summed E-state index contributed by atoms with van der Waals surface area (Å²) >= 11 is 1.71. The van der Waals surface area contributed by atoms with Gasteiger partial charge >= 0.3 is 0 Å². The highest BCUT2D eigenvalue weighted by Crippen LogP contribution is 2.20. The van der Waals surface area contributed by atoms with E-state index in [2.05, 4.69) is 42.2 Å². The standard InChI is InChI=1S/C18H22N2OS/c1-2-6-17-13-15(14-22-17)18(21)20-11-9-19(10-12-20)16-7-4-3-5-8-16/h3-5,7-8,13-14H,2,6,9-12H2,1H3. The van der Waals surface area contributed by atoms with Gasteiger partial charge in [-0.25, -0.2) is 0 Å². The zero-order valence-electron chi connectivity index (χ0n) is 13.0. The largest absolute Gasteiger partial charge is 0.368 e. The summed E-state index contributed by atoms with van der Waals surface area (Å²) in [5.41, 5.74) is 2.11. The van der Waals surface area contributed by atoms with Gasteiger partial charge in [-0.2, -0.15) is 0 Å². The van der Waals surface area contributed by atoms with Crippen LogP contribution in [0.4, 0.5) is 5.69 Å². The van der Waals surface area contributed by atoms with Crippen molar-refractivity contribution in [2.45, 2.75) is 19.8 Å².